The van der Waals surface area contributed by atoms with Gasteiger partial charge >= 0.3 is 13.3 Å². The van der Waals surface area contributed by atoms with Gasteiger partial charge in [-0.15, -0.1) is 0 Å². The molecule has 0 aliphatic carbocycles. The molecule has 0 saturated carbocycles. The van der Waals surface area contributed by atoms with Crippen LogP contribution in [0.15, 0.2) is 54.6 Å². The lowest BCUT2D eigenvalue weighted by atomic mass is 9.97. The average molecular weight is 403 g/mol. The molecule has 0 amide bonds. The Morgan fingerprint density at radius 3 is 1.93 bits per heavy atom. The molecule has 0 radical (unpaired) electrons. The number of ketones is 1. The lowest BCUT2D eigenvalue weighted by Crippen LogP contribution is -2.17. The van der Waals surface area contributed by atoms with E-state index in [2.05, 4.69) is 0 Å². The molecule has 0 bridgehead atoms. The van der Waals surface area contributed by atoms with Crippen molar-refractivity contribution in [2.45, 2.75) is 34.6 Å². The number of benzene rings is 3. The van der Waals surface area contributed by atoms with Crippen molar-refractivity contribution in [2.75, 3.05) is 0 Å². The summed E-state index contributed by atoms with van der Waals surface area (Å²) in [6.07, 6.45) is 0. The second kappa shape index (κ2) is 8.23. The molecule has 3 rings (SSSR count). The highest BCUT2D eigenvalue weighted by Crippen LogP contribution is 2.33. The molecule has 0 heterocycles. The monoisotopic (exact) mass is 403 g/mol. The fourth-order valence-corrected chi connectivity index (χ4v) is 5.44. The zero-order valence-electron chi connectivity index (χ0n) is 17.4. The second-order valence-corrected chi connectivity index (χ2v) is 8.91. The number of hydrogen-bond donors (Lipinski definition) is 0. The Morgan fingerprint density at radius 1 is 0.759 bits per heavy atom. The molecule has 1 atom stereocenters. The van der Waals surface area contributed by atoms with Crippen LogP contribution in [0.3, 0.4) is 0 Å². The van der Waals surface area contributed by atoms with E-state index in [0.29, 0.717) is 27.6 Å². The van der Waals surface area contributed by atoms with E-state index in [1.807, 2.05) is 58.0 Å². The molecule has 3 aromatic carbocycles. The minimum absolute atomic E-state index is 0.136. The molecule has 0 spiro atoms. The van der Waals surface area contributed by atoms with Crippen molar-refractivity contribution < 1.29 is 14.2 Å². The van der Waals surface area contributed by atoms with E-state index < -0.39 is 7.80 Å². The van der Waals surface area contributed by atoms with Crippen molar-refractivity contribution in [1.82, 2.24) is 0 Å². The highest BCUT2D eigenvalue weighted by Gasteiger charge is 2.38. The van der Waals surface area contributed by atoms with Crippen LogP contribution in [0.4, 0.5) is 0 Å². The van der Waals surface area contributed by atoms with Gasteiger partial charge in [0.1, 0.15) is 0 Å². The van der Waals surface area contributed by atoms with Gasteiger partial charge in [-0.3, -0.25) is 4.79 Å². The van der Waals surface area contributed by atoms with E-state index in [4.69, 9.17) is 0 Å². The summed E-state index contributed by atoms with van der Waals surface area (Å²) in [5.74, 6) is -0.136. The molecular weight excluding hydrogens is 379 g/mol. The van der Waals surface area contributed by atoms with E-state index in [0.717, 1.165) is 22.3 Å². The summed E-state index contributed by atoms with van der Waals surface area (Å²) in [6.45, 7) is 9.31. The summed E-state index contributed by atoms with van der Waals surface area (Å²) in [4.78, 5) is 26.1. The van der Waals surface area contributed by atoms with Gasteiger partial charge in [0.15, 0.2) is 5.78 Å². The van der Waals surface area contributed by atoms with E-state index in [-0.39, 0.29) is 11.3 Å². The number of carbonyl (C=O) groups excluding carboxylic acids is 2. The standard InChI is InChI=1S/C25H24O3P/c1-15-13-17(3)22(18(4)14-15)25(27)29(28)24-16(2)11-12-21(19(24)5)23(26)20-9-7-6-8-10-20/h6-14H,1-5H3/q+1. The number of aryl methyl sites for hydroxylation is 4. The van der Waals surface area contributed by atoms with Crippen LogP contribution in [0.1, 0.15) is 54.1 Å². The van der Waals surface area contributed by atoms with Gasteiger partial charge in [-0.2, -0.15) is 0 Å². The summed E-state index contributed by atoms with van der Waals surface area (Å²) < 4.78 is 13.4. The molecule has 0 fully saturated rings. The Morgan fingerprint density at radius 2 is 1.34 bits per heavy atom. The molecule has 0 N–H and O–H groups in total. The van der Waals surface area contributed by atoms with E-state index in [1.165, 1.54) is 0 Å². The van der Waals surface area contributed by atoms with Gasteiger partial charge in [0.05, 0.1) is 5.56 Å². The minimum atomic E-state index is -2.35. The van der Waals surface area contributed by atoms with Crippen LogP contribution in [-0.2, 0) is 4.57 Å². The smallest absolute Gasteiger partial charge is 0.289 e. The second-order valence-electron chi connectivity index (χ2n) is 7.47. The third-order valence-electron chi connectivity index (χ3n) is 5.19. The van der Waals surface area contributed by atoms with Crippen molar-refractivity contribution in [3.8, 4) is 0 Å². The van der Waals surface area contributed by atoms with Crippen molar-refractivity contribution >= 4 is 24.4 Å². The number of carbonyl (C=O) groups is 2. The first-order valence-electron chi connectivity index (χ1n) is 9.51. The van der Waals surface area contributed by atoms with Gasteiger partial charge in [0.25, 0.3) is 0 Å². The maximum atomic E-state index is 13.4. The van der Waals surface area contributed by atoms with Gasteiger partial charge in [-0.1, -0.05) is 64.7 Å². The third kappa shape index (κ3) is 3.97. The Bertz CT molecular complexity index is 1120. The van der Waals surface area contributed by atoms with Gasteiger partial charge in [-0.05, 0) is 45.7 Å². The maximum Gasteiger partial charge on any atom is 0.459 e. The van der Waals surface area contributed by atoms with Gasteiger partial charge in [0, 0.05) is 22.3 Å². The zero-order valence-corrected chi connectivity index (χ0v) is 18.3. The predicted molar refractivity (Wildman–Crippen MR) is 118 cm³/mol. The largest absolute Gasteiger partial charge is 0.459 e. The first-order chi connectivity index (χ1) is 13.7. The van der Waals surface area contributed by atoms with Gasteiger partial charge in [0.2, 0.25) is 5.30 Å². The molecule has 0 aromatic heterocycles. The first-order valence-corrected chi connectivity index (χ1v) is 10.8. The molecule has 4 heteroatoms. The van der Waals surface area contributed by atoms with E-state index in [9.17, 15) is 14.2 Å². The molecule has 29 heavy (non-hydrogen) atoms. The summed E-state index contributed by atoms with van der Waals surface area (Å²) in [7, 11) is -2.35. The molecular formula is C25H24O3P+. The van der Waals surface area contributed by atoms with E-state index in [1.54, 1.807) is 31.2 Å². The minimum Gasteiger partial charge on any atom is -0.289 e. The predicted octanol–water partition coefficient (Wildman–Crippen LogP) is 5.75. The fourth-order valence-electron chi connectivity index (χ4n) is 3.86. The molecule has 146 valence electrons. The number of hydrogen-bond acceptors (Lipinski definition) is 3. The highest BCUT2D eigenvalue weighted by atomic mass is 31.1. The Kier molecular flexibility index (Phi) is 5.91. The topological polar surface area (TPSA) is 51.2 Å². The van der Waals surface area contributed by atoms with Crippen molar-refractivity contribution in [3.63, 3.8) is 0 Å². The van der Waals surface area contributed by atoms with Crippen molar-refractivity contribution in [3.05, 3.63) is 99.1 Å². The number of rotatable bonds is 5. The SMILES string of the molecule is Cc1cc(C)c(C(=O)[P+](=O)c2c(C)ccc(C(=O)c3ccccc3)c2C)c(C)c1. The summed E-state index contributed by atoms with van der Waals surface area (Å²) in [6, 6.07) is 16.4. The summed E-state index contributed by atoms with van der Waals surface area (Å²) >= 11 is 0. The van der Waals surface area contributed by atoms with Gasteiger partial charge < -0.3 is 0 Å². The fraction of sp³-hybridized carbons (Fsp3) is 0.200. The van der Waals surface area contributed by atoms with Crippen LogP contribution >= 0.6 is 7.80 Å². The van der Waals surface area contributed by atoms with Crippen LogP contribution in [0, 0.1) is 34.6 Å². The molecule has 3 nitrogen and oxygen atoms in total. The van der Waals surface area contributed by atoms with Crippen LogP contribution in [0.25, 0.3) is 0 Å². The summed E-state index contributed by atoms with van der Waals surface area (Å²) in [5.41, 5.74) is 5.24. The normalized spacial score (nSPS) is 11.3. The Balaban J connectivity index is 2.08. The summed E-state index contributed by atoms with van der Waals surface area (Å²) in [5, 5.41) is 0.464. The van der Waals surface area contributed by atoms with E-state index >= 15 is 0 Å². The van der Waals surface area contributed by atoms with Crippen LogP contribution in [-0.4, -0.2) is 11.3 Å². The molecule has 0 aliphatic heterocycles. The first kappa shape index (κ1) is 20.8. The highest BCUT2D eigenvalue weighted by molar-refractivity contribution is 7.71. The van der Waals surface area contributed by atoms with Crippen LogP contribution < -0.4 is 5.30 Å². The van der Waals surface area contributed by atoms with Crippen molar-refractivity contribution in [2.24, 2.45) is 0 Å². The maximum absolute atomic E-state index is 13.4. The third-order valence-corrected chi connectivity index (χ3v) is 6.88. The van der Waals surface area contributed by atoms with Crippen LogP contribution in [0.5, 0.6) is 0 Å². The Labute approximate surface area is 172 Å². The molecule has 1 unspecified atom stereocenters. The Hall–Kier alpha value is -2.90. The lowest BCUT2D eigenvalue weighted by molar-refractivity contribution is 0.103. The van der Waals surface area contributed by atoms with Crippen molar-refractivity contribution in [1.29, 1.82) is 0 Å². The van der Waals surface area contributed by atoms with Crippen LogP contribution in [0.2, 0.25) is 0 Å². The quantitative estimate of drug-likeness (QED) is 0.402. The average Bonchev–Trinajstić information content (AvgIpc) is 2.67. The van der Waals surface area contributed by atoms with Gasteiger partial charge in [-0.25, -0.2) is 4.79 Å². The molecule has 0 aliphatic rings. The zero-order chi connectivity index (χ0) is 21.3. The lowest BCUT2D eigenvalue weighted by Gasteiger charge is -2.09. The molecule has 3 aromatic rings. The molecule has 0 saturated heterocycles.